The van der Waals surface area contributed by atoms with Crippen LogP contribution in [0.3, 0.4) is 0 Å². The van der Waals surface area contributed by atoms with Gasteiger partial charge >= 0.3 is 0 Å². The average Bonchev–Trinajstić information content (AvgIpc) is 2.82. The van der Waals surface area contributed by atoms with Gasteiger partial charge in [-0.2, -0.15) is 0 Å². The van der Waals surface area contributed by atoms with Crippen molar-refractivity contribution in [1.29, 1.82) is 0 Å². The van der Waals surface area contributed by atoms with Crippen LogP contribution >= 0.6 is 0 Å². The highest BCUT2D eigenvalue weighted by Gasteiger charge is 2.22. The van der Waals surface area contributed by atoms with Gasteiger partial charge in [-0.15, -0.1) is 0 Å². The molecule has 1 aliphatic heterocycles. The molecule has 3 heterocycles. The summed E-state index contributed by atoms with van der Waals surface area (Å²) in [6.45, 7) is 2.09. The highest BCUT2D eigenvalue weighted by atomic mass is 16.5. The zero-order valence-corrected chi connectivity index (χ0v) is 17.9. The number of amides is 1. The number of rotatable bonds is 6. The van der Waals surface area contributed by atoms with Crippen LogP contribution < -0.4 is 15.4 Å². The van der Waals surface area contributed by atoms with Crippen LogP contribution in [-0.4, -0.2) is 73.2 Å². The molecule has 2 aromatic heterocycles. The summed E-state index contributed by atoms with van der Waals surface area (Å²) in [4.78, 5) is 27.0. The quantitative estimate of drug-likeness (QED) is 0.621. The van der Waals surface area contributed by atoms with E-state index in [1.165, 1.54) is 4.90 Å². The number of likely N-dealkylation sites (N-methyl/N-ethyl adjacent to an activating group) is 1. The van der Waals surface area contributed by atoms with E-state index in [1.807, 2.05) is 31.3 Å². The van der Waals surface area contributed by atoms with Gasteiger partial charge in [-0.1, -0.05) is 0 Å². The van der Waals surface area contributed by atoms with Crippen LogP contribution in [0.4, 0.5) is 5.82 Å². The van der Waals surface area contributed by atoms with Crippen LogP contribution in [0.1, 0.15) is 11.7 Å². The molecule has 0 saturated carbocycles. The van der Waals surface area contributed by atoms with Crippen molar-refractivity contribution >= 4 is 22.8 Å². The van der Waals surface area contributed by atoms with E-state index in [-0.39, 0.29) is 18.6 Å². The molecule has 162 valence electrons. The molecule has 0 spiro atoms. The molecule has 3 aromatic rings. The Morgan fingerprint density at radius 2 is 2.13 bits per heavy atom. The molecule has 1 saturated heterocycles. The Labute approximate surface area is 180 Å². The summed E-state index contributed by atoms with van der Waals surface area (Å²) in [7, 11) is 5.22. The number of nitrogens with zero attached hydrogens (tertiary/aromatic N) is 4. The van der Waals surface area contributed by atoms with Gasteiger partial charge in [0.2, 0.25) is 0 Å². The minimum Gasteiger partial charge on any atom is -0.484 e. The lowest BCUT2D eigenvalue weighted by Crippen LogP contribution is -2.33. The van der Waals surface area contributed by atoms with Gasteiger partial charge in [0.15, 0.2) is 12.4 Å². The number of carbonyl (C=O) groups is 1. The second kappa shape index (κ2) is 9.23. The van der Waals surface area contributed by atoms with E-state index in [2.05, 4.69) is 20.6 Å². The van der Waals surface area contributed by atoms with Gasteiger partial charge in [-0.05, 0) is 29.8 Å². The molecule has 2 N–H and O–H groups in total. The highest BCUT2D eigenvalue weighted by Crippen LogP contribution is 2.35. The first kappa shape index (κ1) is 21.0. The number of aromatic nitrogens is 3. The number of ether oxygens (including phenoxy) is 2. The number of hydrogen-bond acceptors (Lipinski definition) is 8. The maximum Gasteiger partial charge on any atom is 0.259 e. The summed E-state index contributed by atoms with van der Waals surface area (Å²) in [5, 5.41) is 6.48. The molecule has 9 nitrogen and oxygen atoms in total. The van der Waals surface area contributed by atoms with Gasteiger partial charge in [-0.25, -0.2) is 9.97 Å². The van der Waals surface area contributed by atoms with Gasteiger partial charge in [0, 0.05) is 52.2 Å². The molecular formula is C22H26N6O3. The number of fused-ring (bicyclic) bond motifs is 1. The third-order valence-electron chi connectivity index (χ3n) is 5.13. The van der Waals surface area contributed by atoms with E-state index in [4.69, 9.17) is 14.5 Å². The van der Waals surface area contributed by atoms with Crippen LogP contribution in [0.5, 0.6) is 5.75 Å². The van der Waals surface area contributed by atoms with E-state index in [0.29, 0.717) is 30.2 Å². The maximum absolute atomic E-state index is 11.9. The maximum atomic E-state index is 11.9. The molecule has 0 radical (unpaired) electrons. The smallest absolute Gasteiger partial charge is 0.259 e. The lowest BCUT2D eigenvalue weighted by atomic mass is 9.97. The second-order valence-electron chi connectivity index (χ2n) is 7.42. The monoisotopic (exact) mass is 422 g/mol. The Balaban J connectivity index is 1.76. The van der Waals surface area contributed by atoms with Crippen molar-refractivity contribution in [2.45, 2.75) is 6.10 Å². The van der Waals surface area contributed by atoms with Crippen molar-refractivity contribution in [1.82, 2.24) is 25.2 Å². The standard InChI is InChI=1S/C22H26N6O3/c1-23-22-21-18(25-6-7-26-21)11-17(27-22)15-5-4-14(31-13-20(29)28(2)3)10-16(15)19-12-24-8-9-30-19/h4-7,10-11,19,24H,8-9,12-13H2,1-3H3,(H,23,27). The molecule has 1 amide bonds. The second-order valence-corrected chi connectivity index (χ2v) is 7.42. The molecule has 4 rings (SSSR count). The first-order valence-electron chi connectivity index (χ1n) is 10.2. The molecule has 1 aliphatic rings. The van der Waals surface area contributed by atoms with Crippen LogP contribution in [0.25, 0.3) is 22.3 Å². The highest BCUT2D eigenvalue weighted by molar-refractivity contribution is 5.89. The Bertz CT molecular complexity index is 1080. The summed E-state index contributed by atoms with van der Waals surface area (Å²) in [5.41, 5.74) is 4.09. The fourth-order valence-corrected chi connectivity index (χ4v) is 3.45. The summed E-state index contributed by atoms with van der Waals surface area (Å²) in [5.74, 6) is 1.17. The zero-order chi connectivity index (χ0) is 21.8. The number of carbonyl (C=O) groups excluding carboxylic acids is 1. The fourth-order valence-electron chi connectivity index (χ4n) is 3.45. The molecule has 1 atom stereocenters. The van der Waals surface area contributed by atoms with E-state index < -0.39 is 0 Å². The Morgan fingerprint density at radius 3 is 2.87 bits per heavy atom. The van der Waals surface area contributed by atoms with E-state index in [1.54, 1.807) is 26.5 Å². The minimum atomic E-state index is -0.158. The lowest BCUT2D eigenvalue weighted by Gasteiger charge is -2.26. The first-order chi connectivity index (χ1) is 15.1. The van der Waals surface area contributed by atoms with Crippen LogP contribution in [-0.2, 0) is 9.53 Å². The SMILES string of the molecule is CNc1nc(-c2ccc(OCC(=O)N(C)C)cc2C2CNCCO2)cc2nccnc12. The van der Waals surface area contributed by atoms with Crippen molar-refractivity contribution in [3.63, 3.8) is 0 Å². The predicted octanol–water partition coefficient (Wildman–Crippen LogP) is 1.86. The van der Waals surface area contributed by atoms with Crippen LogP contribution in [0.15, 0.2) is 36.7 Å². The lowest BCUT2D eigenvalue weighted by molar-refractivity contribution is -0.130. The number of anilines is 1. The first-order valence-corrected chi connectivity index (χ1v) is 10.2. The summed E-state index contributed by atoms with van der Waals surface area (Å²) in [6.07, 6.45) is 3.16. The van der Waals surface area contributed by atoms with Gasteiger partial charge in [0.1, 0.15) is 11.3 Å². The Morgan fingerprint density at radius 1 is 1.29 bits per heavy atom. The van der Waals surface area contributed by atoms with Crippen molar-refractivity contribution in [3.8, 4) is 17.0 Å². The van der Waals surface area contributed by atoms with Gasteiger partial charge in [-0.3, -0.25) is 9.78 Å². The molecule has 1 fully saturated rings. The molecular weight excluding hydrogens is 396 g/mol. The number of benzene rings is 1. The predicted molar refractivity (Wildman–Crippen MR) is 118 cm³/mol. The minimum absolute atomic E-state index is 0.0245. The van der Waals surface area contributed by atoms with E-state index in [0.717, 1.165) is 28.9 Å². The average molecular weight is 422 g/mol. The van der Waals surface area contributed by atoms with Crippen molar-refractivity contribution in [2.75, 3.05) is 52.8 Å². The fraction of sp³-hybridized carbons (Fsp3) is 0.364. The van der Waals surface area contributed by atoms with E-state index in [9.17, 15) is 4.79 Å². The molecule has 0 bridgehead atoms. The Hall–Kier alpha value is -3.30. The third kappa shape index (κ3) is 4.57. The van der Waals surface area contributed by atoms with Crippen LogP contribution in [0.2, 0.25) is 0 Å². The van der Waals surface area contributed by atoms with Crippen molar-refractivity contribution in [3.05, 3.63) is 42.2 Å². The zero-order valence-electron chi connectivity index (χ0n) is 17.9. The number of nitrogens with one attached hydrogen (secondary N) is 2. The van der Waals surface area contributed by atoms with Crippen molar-refractivity contribution < 1.29 is 14.3 Å². The summed E-state index contributed by atoms with van der Waals surface area (Å²) >= 11 is 0. The molecule has 1 aromatic carbocycles. The summed E-state index contributed by atoms with van der Waals surface area (Å²) in [6, 6.07) is 7.65. The van der Waals surface area contributed by atoms with Crippen molar-refractivity contribution in [2.24, 2.45) is 0 Å². The number of morpholine rings is 1. The van der Waals surface area contributed by atoms with Crippen LogP contribution in [0, 0.1) is 0 Å². The van der Waals surface area contributed by atoms with Gasteiger partial charge in [0.05, 0.1) is 23.9 Å². The topological polar surface area (TPSA) is 102 Å². The third-order valence-corrected chi connectivity index (χ3v) is 5.13. The van der Waals surface area contributed by atoms with Gasteiger partial charge in [0.25, 0.3) is 5.91 Å². The molecule has 0 aliphatic carbocycles. The normalized spacial score (nSPS) is 16.2. The largest absolute Gasteiger partial charge is 0.484 e. The number of pyridine rings is 1. The summed E-state index contributed by atoms with van der Waals surface area (Å²) < 4.78 is 11.8. The molecule has 31 heavy (non-hydrogen) atoms. The number of hydrogen-bond donors (Lipinski definition) is 2. The molecule has 1 unspecified atom stereocenters. The molecule has 9 heteroatoms. The van der Waals surface area contributed by atoms with Gasteiger partial charge < -0.3 is 25.0 Å². The van der Waals surface area contributed by atoms with E-state index >= 15 is 0 Å². The Kier molecular flexibility index (Phi) is 6.24.